The number of aromatic nitrogens is 4. The highest BCUT2D eigenvalue weighted by molar-refractivity contribution is 5.99. The number of nitrogens with zero attached hydrogens (tertiary/aromatic N) is 4. The van der Waals surface area contributed by atoms with E-state index in [-0.39, 0.29) is 24.5 Å². The molecule has 1 aliphatic heterocycles. The van der Waals surface area contributed by atoms with Gasteiger partial charge in [0.25, 0.3) is 0 Å². The molecule has 3 N–H and O–H groups in total. The average molecular weight is 490 g/mol. The molecule has 0 amide bonds. The molecule has 0 saturated heterocycles. The molecule has 182 valence electrons. The van der Waals surface area contributed by atoms with Gasteiger partial charge in [0, 0.05) is 54.0 Å². The lowest BCUT2D eigenvalue weighted by Crippen LogP contribution is -2.46. The number of fused-ring (bicyclic) bond motifs is 1. The van der Waals surface area contributed by atoms with Crippen molar-refractivity contribution in [1.82, 2.24) is 20.2 Å². The largest absolute Gasteiger partial charge is 0.338 e. The van der Waals surface area contributed by atoms with Gasteiger partial charge in [0.15, 0.2) is 17.5 Å². The van der Waals surface area contributed by atoms with Crippen LogP contribution < -0.4 is 10.2 Å². The van der Waals surface area contributed by atoms with Crippen molar-refractivity contribution in [3.05, 3.63) is 72.4 Å². The molecular formula is C26H22F3N7. The molecule has 2 aromatic heterocycles. The van der Waals surface area contributed by atoms with E-state index < -0.39 is 17.7 Å². The fourth-order valence-corrected chi connectivity index (χ4v) is 4.75. The number of amidine groups is 1. The maximum absolute atomic E-state index is 14.5. The zero-order valence-electron chi connectivity index (χ0n) is 19.1. The van der Waals surface area contributed by atoms with Gasteiger partial charge >= 0.3 is 0 Å². The molecule has 0 bridgehead atoms. The van der Waals surface area contributed by atoms with Gasteiger partial charge in [-0.1, -0.05) is 12.1 Å². The van der Waals surface area contributed by atoms with E-state index in [0.717, 1.165) is 34.1 Å². The Balaban J connectivity index is 1.20. The molecule has 6 rings (SSSR count). The minimum Gasteiger partial charge on any atom is -0.338 e. The van der Waals surface area contributed by atoms with E-state index in [2.05, 4.69) is 25.5 Å². The van der Waals surface area contributed by atoms with Crippen molar-refractivity contribution in [2.24, 2.45) is 5.92 Å². The number of alkyl halides is 2. The number of H-pyrrole nitrogens is 1. The van der Waals surface area contributed by atoms with Gasteiger partial charge in [-0.05, 0) is 47.9 Å². The quantitative estimate of drug-likeness (QED) is 0.243. The van der Waals surface area contributed by atoms with Crippen LogP contribution in [0.3, 0.4) is 0 Å². The minimum atomic E-state index is -2.66. The number of hydrogen-bond donors (Lipinski definition) is 3. The molecule has 10 heteroatoms. The number of rotatable bonds is 5. The zero-order chi connectivity index (χ0) is 24.9. The fourth-order valence-electron chi connectivity index (χ4n) is 4.75. The second-order valence-electron chi connectivity index (χ2n) is 9.17. The summed E-state index contributed by atoms with van der Waals surface area (Å²) >= 11 is 0. The first kappa shape index (κ1) is 22.3. The molecule has 3 heterocycles. The van der Waals surface area contributed by atoms with Crippen LogP contribution in [0.5, 0.6) is 0 Å². The summed E-state index contributed by atoms with van der Waals surface area (Å²) in [6.07, 6.45) is 4.81. The van der Waals surface area contributed by atoms with Gasteiger partial charge in [-0.15, -0.1) is 0 Å². The smallest absolute Gasteiger partial charge is 0.249 e. The highest BCUT2D eigenvalue weighted by atomic mass is 19.3. The Morgan fingerprint density at radius 3 is 2.56 bits per heavy atom. The molecule has 0 unspecified atom stereocenters. The van der Waals surface area contributed by atoms with Crippen LogP contribution in [-0.4, -0.2) is 38.5 Å². The Bertz CT molecular complexity index is 1430. The summed E-state index contributed by atoms with van der Waals surface area (Å²) in [5.74, 6) is -2.97. The van der Waals surface area contributed by atoms with Crippen molar-refractivity contribution in [3.8, 4) is 22.5 Å². The maximum atomic E-state index is 14.5. The first-order chi connectivity index (χ1) is 17.4. The fraction of sp³-hybridized carbons (Fsp3) is 0.231. The Kier molecular flexibility index (Phi) is 5.24. The highest BCUT2D eigenvalue weighted by Gasteiger charge is 2.48. The Labute approximate surface area is 204 Å². The first-order valence-corrected chi connectivity index (χ1v) is 11.6. The summed E-state index contributed by atoms with van der Waals surface area (Å²) in [6.45, 7) is 0.575. The molecular weight excluding hydrogens is 467 g/mol. The number of aromatic amines is 1. The Hall–Kier alpha value is -4.21. The number of halogens is 3. The maximum Gasteiger partial charge on any atom is 0.249 e. The van der Waals surface area contributed by atoms with Crippen LogP contribution in [0.15, 0.2) is 61.1 Å². The number of nitrogens with one attached hydrogen (secondary N) is 3. The van der Waals surface area contributed by atoms with Crippen LogP contribution in [0.1, 0.15) is 18.4 Å². The van der Waals surface area contributed by atoms with Gasteiger partial charge in [0.05, 0.1) is 12.4 Å². The normalized spacial score (nSPS) is 16.5. The number of benzene rings is 2. The molecule has 0 spiro atoms. The number of hydrogen-bond acceptors (Lipinski definition) is 5. The second kappa shape index (κ2) is 8.47. The summed E-state index contributed by atoms with van der Waals surface area (Å²) < 4.78 is 41.1. The molecule has 1 fully saturated rings. The average Bonchev–Trinajstić information content (AvgIpc) is 3.54. The van der Waals surface area contributed by atoms with Crippen molar-refractivity contribution in [1.29, 1.82) is 5.41 Å². The van der Waals surface area contributed by atoms with E-state index in [1.807, 2.05) is 47.4 Å². The zero-order valence-corrected chi connectivity index (χ0v) is 19.1. The lowest BCUT2D eigenvalue weighted by atomic mass is 9.80. The molecule has 2 aromatic carbocycles. The van der Waals surface area contributed by atoms with E-state index in [4.69, 9.17) is 5.41 Å². The third kappa shape index (κ3) is 4.08. The van der Waals surface area contributed by atoms with E-state index in [1.165, 1.54) is 0 Å². The summed E-state index contributed by atoms with van der Waals surface area (Å²) in [5, 5.41) is 18.1. The second-order valence-corrected chi connectivity index (χ2v) is 9.17. The Morgan fingerprint density at radius 1 is 1.06 bits per heavy atom. The van der Waals surface area contributed by atoms with E-state index in [0.29, 0.717) is 24.5 Å². The summed E-state index contributed by atoms with van der Waals surface area (Å²) in [7, 11) is 0. The van der Waals surface area contributed by atoms with Crippen LogP contribution >= 0.6 is 0 Å². The van der Waals surface area contributed by atoms with E-state index in [9.17, 15) is 13.2 Å². The molecule has 1 aliphatic carbocycles. The standard InChI is InChI=1S/C26H22F3N7/c27-21-14-31-24(35-25(21)34-20-4-1-15(2-5-20)19-12-32-33-13-19)17-3-6-22-16(9-17)7-8-36(22)23(30)18-10-26(28,29)11-18/h1-6,9,12-14,18,30H,7-8,10-11H2,(H,32,33)(H,31,34,35). The van der Waals surface area contributed by atoms with Crippen LogP contribution in [0.25, 0.3) is 22.5 Å². The lowest BCUT2D eigenvalue weighted by Gasteiger charge is -2.38. The summed E-state index contributed by atoms with van der Waals surface area (Å²) in [6, 6.07) is 13.1. The summed E-state index contributed by atoms with van der Waals surface area (Å²) in [5.41, 5.74) is 5.15. The van der Waals surface area contributed by atoms with Crippen LogP contribution in [0.4, 0.5) is 30.4 Å². The van der Waals surface area contributed by atoms with Crippen molar-refractivity contribution < 1.29 is 13.2 Å². The minimum absolute atomic E-state index is 0.0610. The monoisotopic (exact) mass is 489 g/mol. The van der Waals surface area contributed by atoms with E-state index in [1.54, 1.807) is 12.4 Å². The van der Waals surface area contributed by atoms with Gasteiger partial charge in [-0.2, -0.15) is 5.10 Å². The van der Waals surface area contributed by atoms with Crippen molar-refractivity contribution in [3.63, 3.8) is 0 Å². The van der Waals surface area contributed by atoms with Gasteiger partial charge in [-0.3, -0.25) is 10.5 Å². The van der Waals surface area contributed by atoms with Gasteiger partial charge in [0.1, 0.15) is 5.84 Å². The SMILES string of the molecule is N=C(C1CC(F)(F)C1)N1CCc2cc(-c3ncc(F)c(Nc4ccc(-c5cn[nH]c5)cc4)n3)ccc21. The number of anilines is 3. The highest BCUT2D eigenvalue weighted by Crippen LogP contribution is 2.45. The topological polar surface area (TPSA) is 93.6 Å². The molecule has 36 heavy (non-hydrogen) atoms. The molecule has 1 saturated carbocycles. The van der Waals surface area contributed by atoms with Crippen LogP contribution in [-0.2, 0) is 6.42 Å². The molecule has 0 atom stereocenters. The van der Waals surface area contributed by atoms with Gasteiger partial charge < -0.3 is 10.2 Å². The van der Waals surface area contributed by atoms with Crippen molar-refractivity contribution in [2.45, 2.75) is 25.2 Å². The first-order valence-electron chi connectivity index (χ1n) is 11.6. The summed E-state index contributed by atoms with van der Waals surface area (Å²) in [4.78, 5) is 10.4. The predicted molar refractivity (Wildman–Crippen MR) is 131 cm³/mol. The lowest BCUT2D eigenvalue weighted by molar-refractivity contribution is -0.0914. The molecule has 2 aliphatic rings. The third-order valence-corrected chi connectivity index (χ3v) is 6.72. The van der Waals surface area contributed by atoms with Gasteiger partial charge in [0.2, 0.25) is 5.92 Å². The molecule has 7 nitrogen and oxygen atoms in total. The van der Waals surface area contributed by atoms with Crippen molar-refractivity contribution >= 4 is 23.0 Å². The molecule has 0 radical (unpaired) electrons. The molecule has 4 aromatic rings. The Morgan fingerprint density at radius 2 is 1.83 bits per heavy atom. The van der Waals surface area contributed by atoms with Crippen LogP contribution in [0.2, 0.25) is 0 Å². The van der Waals surface area contributed by atoms with Crippen molar-refractivity contribution in [2.75, 3.05) is 16.8 Å². The predicted octanol–water partition coefficient (Wildman–Crippen LogP) is 5.80. The van der Waals surface area contributed by atoms with E-state index >= 15 is 0 Å². The van der Waals surface area contributed by atoms with Gasteiger partial charge in [-0.25, -0.2) is 23.1 Å². The van der Waals surface area contributed by atoms with Crippen LogP contribution in [0, 0.1) is 17.1 Å². The third-order valence-electron chi connectivity index (χ3n) is 6.72.